The van der Waals surface area contributed by atoms with Gasteiger partial charge in [-0.15, -0.1) is 5.10 Å². The highest BCUT2D eigenvalue weighted by Crippen LogP contribution is 2.03. The summed E-state index contributed by atoms with van der Waals surface area (Å²) in [5, 5.41) is 7.90. The van der Waals surface area contributed by atoms with Gasteiger partial charge in [0.25, 0.3) is 0 Å². The summed E-state index contributed by atoms with van der Waals surface area (Å²) < 4.78 is 1.87. The summed E-state index contributed by atoms with van der Waals surface area (Å²) in [5.41, 5.74) is 2.36. The molecule has 0 fully saturated rings. The molecule has 0 aromatic carbocycles. The summed E-state index contributed by atoms with van der Waals surface area (Å²) >= 11 is 0. The predicted molar refractivity (Wildman–Crippen MR) is 48.8 cm³/mol. The first-order valence-electron chi connectivity index (χ1n) is 4.27. The molecule has 0 radical (unpaired) electrons. The predicted octanol–water partition coefficient (Wildman–Crippen LogP) is 1.94. The van der Waals surface area contributed by atoms with Gasteiger partial charge in [-0.05, 0) is 20.3 Å². The van der Waals surface area contributed by atoms with Crippen molar-refractivity contribution in [2.75, 3.05) is 0 Å². The van der Waals surface area contributed by atoms with Gasteiger partial charge in [0.15, 0.2) is 0 Å². The summed E-state index contributed by atoms with van der Waals surface area (Å²) in [7, 11) is 0. The lowest BCUT2D eigenvalue weighted by molar-refractivity contribution is 0.630. The summed E-state index contributed by atoms with van der Waals surface area (Å²) in [6.45, 7) is 7.03. The Morgan fingerprint density at radius 3 is 2.83 bits per heavy atom. The summed E-state index contributed by atoms with van der Waals surface area (Å²) in [5.74, 6) is 0. The van der Waals surface area contributed by atoms with E-state index in [9.17, 15) is 0 Å². The van der Waals surface area contributed by atoms with E-state index in [0.29, 0.717) is 0 Å². The van der Waals surface area contributed by atoms with Crippen molar-refractivity contribution in [1.82, 2.24) is 15.0 Å². The van der Waals surface area contributed by atoms with Crippen molar-refractivity contribution >= 4 is 0 Å². The van der Waals surface area contributed by atoms with Gasteiger partial charge in [-0.3, -0.25) is 0 Å². The van der Waals surface area contributed by atoms with E-state index < -0.39 is 0 Å². The minimum Gasteiger partial charge on any atom is -0.248 e. The lowest BCUT2D eigenvalue weighted by Gasteiger charge is -2.01. The van der Waals surface area contributed by atoms with Gasteiger partial charge in [0, 0.05) is 6.20 Å². The van der Waals surface area contributed by atoms with Gasteiger partial charge >= 0.3 is 0 Å². The van der Waals surface area contributed by atoms with Crippen molar-refractivity contribution in [3.05, 3.63) is 23.5 Å². The fourth-order valence-electron chi connectivity index (χ4n) is 1.09. The van der Waals surface area contributed by atoms with Gasteiger partial charge in [-0.25, -0.2) is 4.68 Å². The Morgan fingerprint density at radius 2 is 2.42 bits per heavy atom. The Labute approximate surface area is 73.1 Å². The molecule has 0 unspecified atom stereocenters. The molecular formula is C9H15N3. The molecule has 1 aromatic heterocycles. The molecule has 0 saturated heterocycles. The molecule has 0 bridgehead atoms. The second-order valence-corrected chi connectivity index (χ2v) is 2.86. The number of hydrogen-bond donors (Lipinski definition) is 0. The molecular weight excluding hydrogens is 150 g/mol. The molecule has 1 aromatic rings. The van der Waals surface area contributed by atoms with Gasteiger partial charge in [0.1, 0.15) is 0 Å². The van der Waals surface area contributed by atoms with Crippen molar-refractivity contribution in [1.29, 1.82) is 0 Å². The number of aryl methyl sites for hydroxylation is 1. The van der Waals surface area contributed by atoms with Crippen molar-refractivity contribution in [2.45, 2.75) is 33.7 Å². The van der Waals surface area contributed by atoms with E-state index in [2.05, 4.69) is 30.2 Å². The SMILES string of the molecule is C/C=C(\CC)Cn1cc(C)nn1. The van der Waals surface area contributed by atoms with Crippen LogP contribution >= 0.6 is 0 Å². The summed E-state index contributed by atoms with van der Waals surface area (Å²) in [6, 6.07) is 0. The Hall–Kier alpha value is -1.12. The van der Waals surface area contributed by atoms with Crippen LogP contribution in [0.3, 0.4) is 0 Å². The number of hydrogen-bond acceptors (Lipinski definition) is 2. The zero-order chi connectivity index (χ0) is 8.97. The first-order chi connectivity index (χ1) is 5.76. The molecule has 1 heterocycles. The van der Waals surface area contributed by atoms with Crippen LogP contribution in [0, 0.1) is 6.92 Å². The highest BCUT2D eigenvalue weighted by atomic mass is 15.4. The molecule has 3 nitrogen and oxygen atoms in total. The van der Waals surface area contributed by atoms with Crippen LogP contribution in [0.15, 0.2) is 17.8 Å². The van der Waals surface area contributed by atoms with Crippen LogP contribution in [-0.2, 0) is 6.54 Å². The number of nitrogens with zero attached hydrogens (tertiary/aromatic N) is 3. The van der Waals surface area contributed by atoms with Gasteiger partial charge in [-0.2, -0.15) is 0 Å². The van der Waals surface area contributed by atoms with Crippen LogP contribution in [0.1, 0.15) is 26.0 Å². The van der Waals surface area contributed by atoms with Crippen molar-refractivity contribution in [3.8, 4) is 0 Å². The highest BCUT2D eigenvalue weighted by molar-refractivity contribution is 5.00. The minimum absolute atomic E-state index is 0.869. The van der Waals surface area contributed by atoms with E-state index in [0.717, 1.165) is 18.7 Å². The molecule has 1 rings (SSSR count). The van der Waals surface area contributed by atoms with Crippen molar-refractivity contribution in [2.24, 2.45) is 0 Å². The van der Waals surface area contributed by atoms with E-state index >= 15 is 0 Å². The third-order valence-electron chi connectivity index (χ3n) is 1.88. The molecule has 3 heteroatoms. The van der Waals surface area contributed by atoms with E-state index in [1.165, 1.54) is 5.57 Å². The van der Waals surface area contributed by atoms with Crippen LogP contribution in [0.4, 0.5) is 0 Å². The first kappa shape index (κ1) is 8.97. The average molecular weight is 165 g/mol. The topological polar surface area (TPSA) is 30.7 Å². The van der Waals surface area contributed by atoms with E-state index in [-0.39, 0.29) is 0 Å². The Kier molecular flexibility index (Phi) is 3.02. The number of rotatable bonds is 3. The molecule has 12 heavy (non-hydrogen) atoms. The maximum atomic E-state index is 3.98. The van der Waals surface area contributed by atoms with E-state index in [1.807, 2.05) is 17.8 Å². The molecule has 0 N–H and O–H groups in total. The van der Waals surface area contributed by atoms with E-state index in [1.54, 1.807) is 0 Å². The van der Waals surface area contributed by atoms with Crippen LogP contribution in [0.25, 0.3) is 0 Å². The Bertz CT molecular complexity index is 273. The fourth-order valence-corrected chi connectivity index (χ4v) is 1.09. The monoisotopic (exact) mass is 165 g/mol. The number of allylic oxidation sites excluding steroid dienone is 2. The maximum Gasteiger partial charge on any atom is 0.0796 e. The quantitative estimate of drug-likeness (QED) is 0.641. The average Bonchev–Trinajstić information content (AvgIpc) is 2.47. The Balaban J connectivity index is 2.63. The summed E-state index contributed by atoms with van der Waals surface area (Å²) in [6.07, 6.45) is 5.17. The van der Waals surface area contributed by atoms with Gasteiger partial charge in [-0.1, -0.05) is 23.8 Å². The van der Waals surface area contributed by atoms with E-state index in [4.69, 9.17) is 0 Å². The zero-order valence-electron chi connectivity index (χ0n) is 7.91. The summed E-state index contributed by atoms with van der Waals surface area (Å²) in [4.78, 5) is 0. The fraction of sp³-hybridized carbons (Fsp3) is 0.556. The smallest absolute Gasteiger partial charge is 0.0796 e. The number of aromatic nitrogens is 3. The van der Waals surface area contributed by atoms with Crippen LogP contribution in [-0.4, -0.2) is 15.0 Å². The lowest BCUT2D eigenvalue weighted by Crippen LogP contribution is -2.01. The normalized spacial score (nSPS) is 12.1. The molecule has 0 aliphatic rings. The zero-order valence-corrected chi connectivity index (χ0v) is 7.91. The molecule has 0 aliphatic heterocycles. The third kappa shape index (κ3) is 2.19. The third-order valence-corrected chi connectivity index (χ3v) is 1.88. The molecule has 0 atom stereocenters. The standard InChI is InChI=1S/C9H15N3/c1-4-9(5-2)7-12-6-8(3)10-11-12/h4,6H,5,7H2,1-3H3/b9-4+. The largest absolute Gasteiger partial charge is 0.248 e. The second-order valence-electron chi connectivity index (χ2n) is 2.86. The Morgan fingerprint density at radius 1 is 1.67 bits per heavy atom. The lowest BCUT2D eigenvalue weighted by atomic mass is 10.2. The van der Waals surface area contributed by atoms with Gasteiger partial charge in [0.2, 0.25) is 0 Å². The van der Waals surface area contributed by atoms with Crippen LogP contribution in [0.2, 0.25) is 0 Å². The van der Waals surface area contributed by atoms with Gasteiger partial charge < -0.3 is 0 Å². The van der Waals surface area contributed by atoms with Crippen molar-refractivity contribution in [3.63, 3.8) is 0 Å². The minimum atomic E-state index is 0.869. The molecule has 0 saturated carbocycles. The second kappa shape index (κ2) is 4.04. The molecule has 0 aliphatic carbocycles. The van der Waals surface area contributed by atoms with Crippen LogP contribution < -0.4 is 0 Å². The maximum absolute atomic E-state index is 3.98. The molecule has 0 amide bonds. The first-order valence-corrected chi connectivity index (χ1v) is 4.27. The van der Waals surface area contributed by atoms with Gasteiger partial charge in [0.05, 0.1) is 12.2 Å². The molecule has 0 spiro atoms. The molecule has 66 valence electrons. The highest BCUT2D eigenvalue weighted by Gasteiger charge is 1.97. The van der Waals surface area contributed by atoms with Crippen LogP contribution in [0.5, 0.6) is 0 Å². The van der Waals surface area contributed by atoms with Crippen molar-refractivity contribution < 1.29 is 0 Å².